The largest absolute Gasteiger partial charge is 0.457 e. The van der Waals surface area contributed by atoms with Gasteiger partial charge in [-0.1, -0.05) is 130 Å². The number of para-hydroxylation sites is 2. The minimum atomic E-state index is -0.138. The van der Waals surface area contributed by atoms with Crippen molar-refractivity contribution in [3.63, 3.8) is 0 Å². The molecular weight excluding hydrogens is 711 g/mol. The smallest absolute Gasteiger partial charge is 0.234 e. The standard InChI is InChI=1S/C52H43N5O/c1-52(2,3)50-27-28-53-51(54-50)57-46-26-23-39(37-17-9-5-10-18-37)31-45(46)44-25-24-42(33-49(44)57)58-43-30-40(38-19-11-6-12-20-38)29-41(32-43)56-35-55(34-36-15-7-4-8-16-36)47-21-13-14-22-48(47)56/h4-33H,34-35H2,1-3H3. The van der Waals surface area contributed by atoms with E-state index in [0.29, 0.717) is 5.95 Å². The molecule has 1 aliphatic rings. The molecule has 0 fully saturated rings. The van der Waals surface area contributed by atoms with Gasteiger partial charge in [0.15, 0.2) is 0 Å². The summed E-state index contributed by atoms with van der Waals surface area (Å²) in [6, 6.07) is 62.0. The van der Waals surface area contributed by atoms with E-state index in [1.165, 1.54) is 22.5 Å². The summed E-state index contributed by atoms with van der Waals surface area (Å²) >= 11 is 0. The highest BCUT2D eigenvalue weighted by Gasteiger charge is 2.28. The summed E-state index contributed by atoms with van der Waals surface area (Å²) in [4.78, 5) is 14.8. The first-order valence-electron chi connectivity index (χ1n) is 19.9. The Kier molecular flexibility index (Phi) is 8.75. The van der Waals surface area contributed by atoms with Gasteiger partial charge < -0.3 is 14.5 Å². The fourth-order valence-corrected chi connectivity index (χ4v) is 8.14. The molecule has 3 heterocycles. The maximum Gasteiger partial charge on any atom is 0.234 e. The second-order valence-corrected chi connectivity index (χ2v) is 16.0. The van der Waals surface area contributed by atoms with E-state index in [0.717, 1.165) is 74.6 Å². The molecule has 282 valence electrons. The molecule has 0 N–H and O–H groups in total. The van der Waals surface area contributed by atoms with Crippen molar-refractivity contribution >= 4 is 38.9 Å². The van der Waals surface area contributed by atoms with Crippen LogP contribution in [0.25, 0.3) is 50.0 Å². The Hall–Kier alpha value is -7.18. The van der Waals surface area contributed by atoms with Gasteiger partial charge in [-0.15, -0.1) is 0 Å². The topological polar surface area (TPSA) is 46.4 Å². The Bertz CT molecular complexity index is 2920. The molecule has 0 unspecified atom stereocenters. The first-order chi connectivity index (χ1) is 28.4. The average Bonchev–Trinajstić information content (AvgIpc) is 3.79. The van der Waals surface area contributed by atoms with Gasteiger partial charge in [-0.2, -0.15) is 0 Å². The minimum Gasteiger partial charge on any atom is -0.457 e. The molecule has 0 amide bonds. The molecule has 0 radical (unpaired) electrons. The highest BCUT2D eigenvalue weighted by atomic mass is 16.5. The first kappa shape index (κ1) is 35.2. The molecule has 6 nitrogen and oxygen atoms in total. The zero-order valence-corrected chi connectivity index (χ0v) is 32.9. The summed E-state index contributed by atoms with van der Waals surface area (Å²) in [5.41, 5.74) is 12.1. The van der Waals surface area contributed by atoms with Crippen LogP contribution in [0, 0.1) is 0 Å². The molecule has 0 spiro atoms. The van der Waals surface area contributed by atoms with Crippen LogP contribution in [0.5, 0.6) is 11.5 Å². The maximum atomic E-state index is 6.92. The van der Waals surface area contributed by atoms with Gasteiger partial charge in [-0.25, -0.2) is 9.97 Å². The Labute approximate surface area is 339 Å². The van der Waals surface area contributed by atoms with E-state index < -0.39 is 0 Å². The molecule has 0 saturated carbocycles. The van der Waals surface area contributed by atoms with E-state index in [1.807, 2.05) is 12.3 Å². The van der Waals surface area contributed by atoms with Crippen molar-refractivity contribution in [3.8, 4) is 39.7 Å². The predicted octanol–water partition coefficient (Wildman–Crippen LogP) is 13.1. The maximum absolute atomic E-state index is 6.92. The molecule has 2 aromatic heterocycles. The summed E-state index contributed by atoms with van der Waals surface area (Å²) in [6.07, 6.45) is 1.87. The van der Waals surface area contributed by atoms with Crippen molar-refractivity contribution in [3.05, 3.63) is 193 Å². The van der Waals surface area contributed by atoms with Gasteiger partial charge >= 0.3 is 0 Å². The van der Waals surface area contributed by atoms with E-state index in [1.54, 1.807) is 0 Å². The Morgan fingerprint density at radius 3 is 1.98 bits per heavy atom. The lowest BCUT2D eigenvalue weighted by atomic mass is 9.92. The second kappa shape index (κ2) is 14.4. The molecule has 0 saturated heterocycles. The van der Waals surface area contributed by atoms with Crippen molar-refractivity contribution in [1.82, 2.24) is 14.5 Å². The number of benzene rings is 7. The summed E-state index contributed by atoms with van der Waals surface area (Å²) in [6.45, 7) is 8.09. The third kappa shape index (κ3) is 6.62. The van der Waals surface area contributed by atoms with Crippen molar-refractivity contribution in [2.24, 2.45) is 0 Å². The van der Waals surface area contributed by atoms with E-state index in [4.69, 9.17) is 14.7 Å². The van der Waals surface area contributed by atoms with Gasteiger partial charge in [0.25, 0.3) is 0 Å². The zero-order valence-electron chi connectivity index (χ0n) is 32.9. The lowest BCUT2D eigenvalue weighted by Crippen LogP contribution is -2.27. The molecule has 1 aliphatic heterocycles. The second-order valence-electron chi connectivity index (χ2n) is 16.0. The predicted molar refractivity (Wildman–Crippen MR) is 239 cm³/mol. The summed E-state index contributed by atoms with van der Waals surface area (Å²) in [5.74, 6) is 2.13. The zero-order chi connectivity index (χ0) is 39.2. The van der Waals surface area contributed by atoms with Crippen LogP contribution in [0.2, 0.25) is 0 Å². The van der Waals surface area contributed by atoms with Gasteiger partial charge in [0.2, 0.25) is 5.95 Å². The molecule has 10 rings (SSSR count). The molecule has 9 aromatic rings. The number of ether oxygens (including phenoxy) is 1. The SMILES string of the molecule is CC(C)(C)c1ccnc(-n2c3ccc(-c4ccccc4)cc3c3ccc(Oc4cc(-c5ccccc5)cc(N5CN(Cc6ccccc6)c6ccccc65)c4)cc32)n1. The Balaban J connectivity index is 1.09. The quantitative estimate of drug-likeness (QED) is 0.155. The average molecular weight is 754 g/mol. The monoisotopic (exact) mass is 753 g/mol. The summed E-state index contributed by atoms with van der Waals surface area (Å²) in [7, 11) is 0. The van der Waals surface area contributed by atoms with Crippen molar-refractivity contribution < 1.29 is 4.74 Å². The number of rotatable bonds is 8. The fourth-order valence-electron chi connectivity index (χ4n) is 8.14. The van der Waals surface area contributed by atoms with Crippen molar-refractivity contribution in [1.29, 1.82) is 0 Å². The highest BCUT2D eigenvalue weighted by molar-refractivity contribution is 6.10. The Morgan fingerprint density at radius 1 is 0.552 bits per heavy atom. The molecular formula is C52H43N5O. The summed E-state index contributed by atoms with van der Waals surface area (Å²) < 4.78 is 9.10. The van der Waals surface area contributed by atoms with Crippen LogP contribution in [-0.4, -0.2) is 21.2 Å². The lowest BCUT2D eigenvalue weighted by Gasteiger charge is -2.23. The number of anilines is 3. The van der Waals surface area contributed by atoms with Gasteiger partial charge in [0.05, 0.1) is 34.8 Å². The van der Waals surface area contributed by atoms with Crippen molar-refractivity contribution in [2.45, 2.75) is 32.7 Å². The van der Waals surface area contributed by atoms with Crippen LogP contribution < -0.4 is 14.5 Å². The van der Waals surface area contributed by atoms with E-state index in [-0.39, 0.29) is 5.41 Å². The van der Waals surface area contributed by atoms with Crippen LogP contribution in [0.4, 0.5) is 17.1 Å². The van der Waals surface area contributed by atoms with E-state index >= 15 is 0 Å². The van der Waals surface area contributed by atoms with Gasteiger partial charge in [-0.3, -0.25) is 4.57 Å². The number of aromatic nitrogens is 3. The van der Waals surface area contributed by atoms with E-state index in [2.05, 4.69) is 205 Å². The Morgan fingerprint density at radius 2 is 1.24 bits per heavy atom. The third-order valence-corrected chi connectivity index (χ3v) is 11.0. The van der Waals surface area contributed by atoms with Gasteiger partial charge in [-0.05, 0) is 82.4 Å². The van der Waals surface area contributed by atoms with Crippen LogP contribution in [-0.2, 0) is 12.0 Å². The lowest BCUT2D eigenvalue weighted by molar-refractivity contribution is 0.483. The normalized spacial score (nSPS) is 12.7. The van der Waals surface area contributed by atoms with Crippen LogP contribution >= 0.6 is 0 Å². The molecule has 58 heavy (non-hydrogen) atoms. The highest BCUT2D eigenvalue weighted by Crippen LogP contribution is 2.44. The van der Waals surface area contributed by atoms with Crippen LogP contribution in [0.15, 0.2) is 182 Å². The first-order valence-corrected chi connectivity index (χ1v) is 19.9. The van der Waals surface area contributed by atoms with Crippen LogP contribution in [0.1, 0.15) is 32.0 Å². The number of hydrogen-bond donors (Lipinski definition) is 0. The molecule has 0 aliphatic carbocycles. The molecule has 7 aromatic carbocycles. The van der Waals surface area contributed by atoms with Crippen molar-refractivity contribution in [2.75, 3.05) is 16.5 Å². The molecule has 0 atom stereocenters. The summed E-state index contributed by atoms with van der Waals surface area (Å²) in [5, 5.41) is 2.24. The molecule has 0 bridgehead atoms. The number of nitrogens with zero attached hydrogens (tertiary/aromatic N) is 5. The van der Waals surface area contributed by atoms with E-state index in [9.17, 15) is 0 Å². The third-order valence-electron chi connectivity index (χ3n) is 11.0. The van der Waals surface area contributed by atoms with Crippen LogP contribution in [0.3, 0.4) is 0 Å². The minimum absolute atomic E-state index is 0.138. The van der Waals surface area contributed by atoms with Gasteiger partial charge in [0, 0.05) is 46.7 Å². The number of hydrogen-bond acceptors (Lipinski definition) is 5. The molecule has 6 heteroatoms. The number of fused-ring (bicyclic) bond motifs is 4. The fraction of sp³-hybridized carbons (Fsp3) is 0.115. The van der Waals surface area contributed by atoms with Gasteiger partial charge in [0.1, 0.15) is 11.5 Å².